The van der Waals surface area contributed by atoms with Gasteiger partial charge in [-0.2, -0.15) is 0 Å². The number of carbonyl (C=O) groups excluding carboxylic acids is 1. The molecule has 0 saturated carbocycles. The van der Waals surface area contributed by atoms with E-state index in [1.54, 1.807) is 0 Å². The zero-order valence-corrected chi connectivity index (χ0v) is 12.5. The highest BCUT2D eigenvalue weighted by Gasteiger charge is 2.27. The largest absolute Gasteiger partial charge is 0.383 e. The Hall–Kier alpha value is -0.870. The number of carbonyl (C=O) groups is 1. The van der Waals surface area contributed by atoms with Gasteiger partial charge in [-0.1, -0.05) is 41.9 Å². The molecule has 0 fully saturated rings. The molecule has 0 aliphatic carbocycles. The smallest absolute Gasteiger partial charge is 0.220 e. The maximum Gasteiger partial charge on any atom is 0.220 e. The van der Waals surface area contributed by atoms with Crippen LogP contribution in [0.5, 0.6) is 0 Å². The number of amides is 1. The van der Waals surface area contributed by atoms with Gasteiger partial charge in [-0.3, -0.25) is 4.79 Å². The second-order valence-corrected chi connectivity index (χ2v) is 5.33. The van der Waals surface area contributed by atoms with Crippen LogP contribution in [0.15, 0.2) is 28.7 Å². The summed E-state index contributed by atoms with van der Waals surface area (Å²) in [6.07, 6.45) is 1.87. The lowest BCUT2D eigenvalue weighted by atomic mass is 9.91. The summed E-state index contributed by atoms with van der Waals surface area (Å²) in [6, 6.07) is 7.53. The third-order valence-corrected chi connectivity index (χ3v) is 3.55. The van der Waals surface area contributed by atoms with Crippen LogP contribution in [0.4, 0.5) is 0 Å². The summed E-state index contributed by atoms with van der Waals surface area (Å²) in [4.78, 5) is 11.5. The van der Waals surface area contributed by atoms with E-state index in [4.69, 9.17) is 0 Å². The first kappa shape index (κ1) is 15.2. The Balaban J connectivity index is 2.73. The summed E-state index contributed by atoms with van der Waals surface area (Å²) < 4.78 is 0.972. The molecule has 3 nitrogen and oxygen atoms in total. The Morgan fingerprint density at radius 1 is 1.33 bits per heavy atom. The van der Waals surface area contributed by atoms with Crippen molar-refractivity contribution < 1.29 is 9.90 Å². The van der Waals surface area contributed by atoms with Crippen molar-refractivity contribution in [3.63, 3.8) is 0 Å². The highest BCUT2D eigenvalue weighted by atomic mass is 79.9. The van der Waals surface area contributed by atoms with Gasteiger partial charge in [0.05, 0.1) is 6.54 Å². The summed E-state index contributed by atoms with van der Waals surface area (Å²) >= 11 is 3.37. The van der Waals surface area contributed by atoms with E-state index in [9.17, 15) is 9.90 Å². The summed E-state index contributed by atoms with van der Waals surface area (Å²) in [5.74, 6) is -0.0125. The molecule has 0 aromatic heterocycles. The van der Waals surface area contributed by atoms with Crippen molar-refractivity contribution in [2.24, 2.45) is 0 Å². The number of hydrogen-bond acceptors (Lipinski definition) is 2. The fraction of sp³-hybridized carbons (Fsp3) is 0.500. The molecule has 1 atom stereocenters. The molecule has 0 heterocycles. The molecule has 0 aliphatic rings. The predicted molar refractivity (Wildman–Crippen MR) is 76.2 cm³/mol. The van der Waals surface area contributed by atoms with E-state index in [2.05, 4.69) is 21.2 Å². The number of nitrogens with one attached hydrogen (secondary N) is 1. The zero-order chi connectivity index (χ0) is 13.6. The average Bonchev–Trinajstić information content (AvgIpc) is 2.37. The molecule has 1 aromatic rings. The lowest BCUT2D eigenvalue weighted by molar-refractivity contribution is -0.122. The molecule has 4 heteroatoms. The Kier molecular flexibility index (Phi) is 5.82. The fourth-order valence-corrected chi connectivity index (χ4v) is 2.02. The van der Waals surface area contributed by atoms with E-state index in [0.29, 0.717) is 12.8 Å². The molecule has 1 aromatic carbocycles. The normalized spacial score (nSPS) is 14.0. The summed E-state index contributed by atoms with van der Waals surface area (Å²) in [6.45, 7) is 4.12. The van der Waals surface area contributed by atoms with Crippen LogP contribution in [0.3, 0.4) is 0 Å². The molecule has 0 radical (unpaired) electrons. The average molecular weight is 314 g/mol. The van der Waals surface area contributed by atoms with Crippen molar-refractivity contribution in [1.29, 1.82) is 0 Å². The van der Waals surface area contributed by atoms with Crippen molar-refractivity contribution in [1.82, 2.24) is 5.32 Å². The minimum Gasteiger partial charge on any atom is -0.383 e. The molecule has 100 valence electrons. The Morgan fingerprint density at radius 3 is 2.44 bits per heavy atom. The number of aliphatic hydroxyl groups is 1. The first-order chi connectivity index (χ1) is 8.51. The molecule has 1 unspecified atom stereocenters. The number of rotatable bonds is 6. The second-order valence-electron chi connectivity index (χ2n) is 4.42. The molecular weight excluding hydrogens is 294 g/mol. The van der Waals surface area contributed by atoms with Gasteiger partial charge in [0.1, 0.15) is 5.60 Å². The van der Waals surface area contributed by atoms with E-state index in [0.717, 1.165) is 16.5 Å². The fourth-order valence-electron chi connectivity index (χ4n) is 1.75. The topological polar surface area (TPSA) is 49.3 Å². The maximum absolute atomic E-state index is 11.5. The summed E-state index contributed by atoms with van der Waals surface area (Å²) in [5, 5.41) is 13.4. The van der Waals surface area contributed by atoms with Crippen LogP contribution in [0.25, 0.3) is 0 Å². The molecule has 0 aliphatic heterocycles. The SMILES string of the molecule is CCCC(=O)NCC(O)(CC)c1ccc(Br)cc1. The molecule has 0 bridgehead atoms. The Labute approximate surface area is 117 Å². The van der Waals surface area contributed by atoms with Gasteiger partial charge in [0.15, 0.2) is 0 Å². The van der Waals surface area contributed by atoms with E-state index >= 15 is 0 Å². The standard InChI is InChI=1S/C14H20BrNO2/c1-3-5-13(17)16-10-14(18,4-2)11-6-8-12(15)9-7-11/h6-9,18H,3-5,10H2,1-2H3,(H,16,17). The van der Waals surface area contributed by atoms with E-state index in [1.807, 2.05) is 38.1 Å². The van der Waals surface area contributed by atoms with Crippen LogP contribution < -0.4 is 5.32 Å². The number of hydrogen-bond donors (Lipinski definition) is 2. The van der Waals surface area contributed by atoms with Crippen molar-refractivity contribution in [3.8, 4) is 0 Å². The van der Waals surface area contributed by atoms with Gasteiger partial charge in [0, 0.05) is 10.9 Å². The molecule has 0 spiro atoms. The number of benzene rings is 1. The quantitative estimate of drug-likeness (QED) is 0.848. The lowest BCUT2D eigenvalue weighted by Gasteiger charge is -2.27. The highest BCUT2D eigenvalue weighted by molar-refractivity contribution is 9.10. The Bertz CT molecular complexity index is 391. The van der Waals surface area contributed by atoms with E-state index in [-0.39, 0.29) is 12.5 Å². The van der Waals surface area contributed by atoms with Crippen LogP contribution in [0.2, 0.25) is 0 Å². The Morgan fingerprint density at radius 2 is 1.94 bits per heavy atom. The molecule has 1 amide bonds. The highest BCUT2D eigenvalue weighted by Crippen LogP contribution is 2.25. The molecule has 2 N–H and O–H groups in total. The van der Waals surface area contributed by atoms with Gasteiger partial charge in [0.25, 0.3) is 0 Å². The van der Waals surface area contributed by atoms with Gasteiger partial charge in [-0.25, -0.2) is 0 Å². The predicted octanol–water partition coefficient (Wildman–Crippen LogP) is 2.96. The van der Waals surface area contributed by atoms with Crippen LogP contribution in [-0.4, -0.2) is 17.6 Å². The van der Waals surface area contributed by atoms with Crippen LogP contribution >= 0.6 is 15.9 Å². The van der Waals surface area contributed by atoms with Gasteiger partial charge in [-0.15, -0.1) is 0 Å². The van der Waals surface area contributed by atoms with Crippen molar-refractivity contribution in [2.45, 2.75) is 38.7 Å². The minimum absolute atomic E-state index is 0.0125. The van der Waals surface area contributed by atoms with Gasteiger partial charge in [0.2, 0.25) is 5.91 Å². The third kappa shape index (κ3) is 4.10. The van der Waals surface area contributed by atoms with Crippen molar-refractivity contribution >= 4 is 21.8 Å². The van der Waals surface area contributed by atoms with Gasteiger partial charge < -0.3 is 10.4 Å². The molecule has 0 saturated heterocycles. The first-order valence-electron chi connectivity index (χ1n) is 6.27. The summed E-state index contributed by atoms with van der Waals surface area (Å²) in [7, 11) is 0. The summed E-state index contributed by atoms with van der Waals surface area (Å²) in [5.41, 5.74) is -0.172. The van der Waals surface area contributed by atoms with Gasteiger partial charge in [-0.05, 0) is 30.5 Å². The van der Waals surface area contributed by atoms with Crippen LogP contribution in [0, 0.1) is 0 Å². The van der Waals surface area contributed by atoms with E-state index < -0.39 is 5.60 Å². The first-order valence-corrected chi connectivity index (χ1v) is 7.06. The van der Waals surface area contributed by atoms with Crippen LogP contribution in [-0.2, 0) is 10.4 Å². The monoisotopic (exact) mass is 313 g/mol. The minimum atomic E-state index is -0.996. The van der Waals surface area contributed by atoms with E-state index in [1.165, 1.54) is 0 Å². The third-order valence-electron chi connectivity index (χ3n) is 3.02. The zero-order valence-electron chi connectivity index (χ0n) is 10.9. The maximum atomic E-state index is 11.5. The molecular formula is C14H20BrNO2. The molecule has 18 heavy (non-hydrogen) atoms. The lowest BCUT2D eigenvalue weighted by Crippen LogP contribution is -2.40. The van der Waals surface area contributed by atoms with Gasteiger partial charge >= 0.3 is 0 Å². The van der Waals surface area contributed by atoms with Crippen LogP contribution in [0.1, 0.15) is 38.7 Å². The number of halogens is 1. The van der Waals surface area contributed by atoms with Crippen molar-refractivity contribution in [3.05, 3.63) is 34.3 Å². The molecule has 1 rings (SSSR count). The second kappa shape index (κ2) is 6.90. The van der Waals surface area contributed by atoms with Crippen molar-refractivity contribution in [2.75, 3.05) is 6.54 Å².